The van der Waals surface area contributed by atoms with Crippen molar-refractivity contribution in [3.8, 4) is 6.07 Å². The molecule has 0 spiro atoms. The average molecular weight is 225 g/mol. The number of aliphatic hydroxyl groups excluding tert-OH is 1. The van der Waals surface area contributed by atoms with Gasteiger partial charge in [0, 0.05) is 0 Å². The third-order valence-corrected chi connectivity index (χ3v) is 2.77. The second kappa shape index (κ2) is 3.82. The van der Waals surface area contributed by atoms with Crippen LogP contribution in [0, 0.1) is 11.3 Å². The van der Waals surface area contributed by atoms with E-state index in [-0.39, 0.29) is 17.8 Å². The topological polar surface area (TPSA) is 75.0 Å². The van der Waals surface area contributed by atoms with Crippen molar-refractivity contribution in [2.45, 2.75) is 44.1 Å². The van der Waals surface area contributed by atoms with Crippen molar-refractivity contribution in [1.29, 1.82) is 5.26 Å². The number of hydrogen-bond donors (Lipinski definition) is 1. The number of ether oxygens (including phenoxy) is 3. The molecule has 2 saturated heterocycles. The number of nitrogens with zero attached hydrogens (tertiary/aromatic N) is 1. The summed E-state index contributed by atoms with van der Waals surface area (Å²) in [6.07, 6.45) is -1.72. The van der Waals surface area contributed by atoms with E-state index in [1.165, 1.54) is 0 Å². The molecule has 5 nitrogen and oxygen atoms in total. The Morgan fingerprint density at radius 2 is 2.31 bits per heavy atom. The Labute approximate surface area is 94.2 Å². The van der Waals surface area contributed by atoms with E-state index in [2.05, 4.69) is 6.58 Å². The van der Waals surface area contributed by atoms with Crippen molar-refractivity contribution in [3.63, 3.8) is 0 Å². The molecule has 0 aromatic heterocycles. The second-order valence-electron chi connectivity index (χ2n) is 4.51. The van der Waals surface area contributed by atoms with Crippen molar-refractivity contribution in [3.05, 3.63) is 12.2 Å². The van der Waals surface area contributed by atoms with Crippen LogP contribution in [0.1, 0.15) is 13.8 Å². The van der Waals surface area contributed by atoms with Crippen LogP contribution < -0.4 is 0 Å². The molecule has 1 N–H and O–H groups in total. The Bertz CT molecular complexity index is 346. The molecule has 2 fully saturated rings. The highest BCUT2D eigenvalue weighted by Crippen LogP contribution is 2.37. The molecule has 0 bridgehead atoms. The molecule has 88 valence electrons. The Kier molecular flexibility index (Phi) is 2.76. The predicted octanol–water partition coefficient (Wildman–Crippen LogP) is 0.346. The van der Waals surface area contributed by atoms with Crippen LogP contribution in [-0.4, -0.2) is 41.9 Å². The van der Waals surface area contributed by atoms with Gasteiger partial charge in [0.15, 0.2) is 5.79 Å². The summed E-state index contributed by atoms with van der Waals surface area (Å²) in [5.74, 6) is -0.599. The highest BCUT2D eigenvalue weighted by atomic mass is 16.8. The minimum absolute atomic E-state index is 0.116. The molecule has 4 atom stereocenters. The molecule has 16 heavy (non-hydrogen) atoms. The molecule has 0 radical (unpaired) electrons. The molecule has 2 aliphatic rings. The van der Waals surface area contributed by atoms with Gasteiger partial charge in [-0.1, -0.05) is 6.58 Å². The normalized spacial score (nSPS) is 37.8. The van der Waals surface area contributed by atoms with Gasteiger partial charge in [-0.2, -0.15) is 5.26 Å². The Balaban J connectivity index is 1.89. The van der Waals surface area contributed by atoms with Gasteiger partial charge in [-0.25, -0.2) is 0 Å². The van der Waals surface area contributed by atoms with Crippen LogP contribution in [0.3, 0.4) is 0 Å². The molecule has 2 aliphatic heterocycles. The van der Waals surface area contributed by atoms with E-state index in [4.69, 9.17) is 19.5 Å². The molecule has 0 amide bonds. The molecule has 0 aromatic rings. The maximum atomic E-state index is 9.67. The molecule has 0 saturated carbocycles. The quantitative estimate of drug-likeness (QED) is 0.554. The summed E-state index contributed by atoms with van der Waals surface area (Å²) in [5, 5.41) is 18.3. The lowest BCUT2D eigenvalue weighted by atomic mass is 10.1. The molecule has 0 aromatic carbocycles. The Morgan fingerprint density at radius 3 is 2.81 bits per heavy atom. The summed E-state index contributed by atoms with van der Waals surface area (Å²) < 4.78 is 16.3. The molecule has 0 unspecified atom stereocenters. The lowest BCUT2D eigenvalue weighted by Crippen LogP contribution is -2.28. The summed E-state index contributed by atoms with van der Waals surface area (Å²) in [5.41, 5.74) is 0.116. The average Bonchev–Trinajstić information content (AvgIpc) is 2.95. The number of nitriles is 1. The minimum atomic E-state index is -0.942. The maximum absolute atomic E-state index is 9.67. The summed E-state index contributed by atoms with van der Waals surface area (Å²) in [4.78, 5) is 0. The van der Waals surface area contributed by atoms with Gasteiger partial charge in [-0.15, -0.1) is 0 Å². The first kappa shape index (κ1) is 11.6. The standard InChI is InChI=1S/C11H15NO4/c1-6(4-12)8(13)10-9(15-10)7-5-14-11(2,3)16-7/h7-10,13H,1,5H2,2-3H3/t7-,8-,9-,10-/m1/s1. The van der Waals surface area contributed by atoms with Gasteiger partial charge in [-0.3, -0.25) is 0 Å². The third kappa shape index (κ3) is 2.11. The van der Waals surface area contributed by atoms with Gasteiger partial charge in [-0.05, 0) is 13.8 Å². The summed E-state index contributed by atoms with van der Waals surface area (Å²) in [6, 6.07) is 1.82. The van der Waals surface area contributed by atoms with Crippen LogP contribution in [0.2, 0.25) is 0 Å². The smallest absolute Gasteiger partial charge is 0.163 e. The Hall–Kier alpha value is -0.930. The van der Waals surface area contributed by atoms with Gasteiger partial charge >= 0.3 is 0 Å². The first-order valence-electron chi connectivity index (χ1n) is 5.19. The van der Waals surface area contributed by atoms with E-state index in [0.29, 0.717) is 6.61 Å². The fourth-order valence-electron chi connectivity index (χ4n) is 1.83. The van der Waals surface area contributed by atoms with Gasteiger partial charge in [0.05, 0.1) is 18.2 Å². The lowest BCUT2D eigenvalue weighted by molar-refractivity contribution is -0.140. The van der Waals surface area contributed by atoms with Crippen LogP contribution in [0.25, 0.3) is 0 Å². The van der Waals surface area contributed by atoms with Gasteiger partial charge < -0.3 is 19.3 Å². The molecule has 2 heterocycles. The largest absolute Gasteiger partial charge is 0.385 e. The van der Waals surface area contributed by atoms with E-state index < -0.39 is 18.0 Å². The van der Waals surface area contributed by atoms with Gasteiger partial charge in [0.1, 0.15) is 24.4 Å². The molecular weight excluding hydrogens is 210 g/mol. The van der Waals surface area contributed by atoms with Crippen LogP contribution in [0.15, 0.2) is 12.2 Å². The number of hydrogen-bond acceptors (Lipinski definition) is 5. The van der Waals surface area contributed by atoms with Gasteiger partial charge in [0.25, 0.3) is 0 Å². The van der Waals surface area contributed by atoms with Crippen molar-refractivity contribution in [1.82, 2.24) is 0 Å². The molecule has 2 rings (SSSR count). The maximum Gasteiger partial charge on any atom is 0.163 e. The van der Waals surface area contributed by atoms with Crippen molar-refractivity contribution in [2.24, 2.45) is 0 Å². The summed E-state index contributed by atoms with van der Waals surface area (Å²) in [6.45, 7) is 7.56. The summed E-state index contributed by atoms with van der Waals surface area (Å²) >= 11 is 0. The van der Waals surface area contributed by atoms with E-state index in [1.54, 1.807) is 0 Å². The zero-order valence-electron chi connectivity index (χ0n) is 9.34. The molecular formula is C11H15NO4. The molecule has 5 heteroatoms. The summed E-state index contributed by atoms with van der Waals surface area (Å²) in [7, 11) is 0. The number of rotatable bonds is 3. The van der Waals surface area contributed by atoms with E-state index >= 15 is 0 Å². The van der Waals surface area contributed by atoms with Crippen molar-refractivity contribution < 1.29 is 19.3 Å². The van der Waals surface area contributed by atoms with Crippen LogP contribution in [0.4, 0.5) is 0 Å². The van der Waals surface area contributed by atoms with Crippen LogP contribution in [0.5, 0.6) is 0 Å². The van der Waals surface area contributed by atoms with E-state index in [1.807, 2.05) is 19.9 Å². The minimum Gasteiger partial charge on any atom is -0.385 e. The first-order valence-corrected chi connectivity index (χ1v) is 5.19. The zero-order chi connectivity index (χ0) is 11.9. The van der Waals surface area contributed by atoms with Crippen molar-refractivity contribution in [2.75, 3.05) is 6.61 Å². The van der Waals surface area contributed by atoms with Crippen LogP contribution >= 0.6 is 0 Å². The highest BCUT2D eigenvalue weighted by Gasteiger charge is 2.54. The van der Waals surface area contributed by atoms with Crippen LogP contribution in [-0.2, 0) is 14.2 Å². The third-order valence-electron chi connectivity index (χ3n) is 2.77. The zero-order valence-corrected chi connectivity index (χ0v) is 9.34. The first-order chi connectivity index (χ1) is 7.44. The van der Waals surface area contributed by atoms with E-state index in [9.17, 15) is 5.11 Å². The number of aliphatic hydroxyl groups is 1. The monoisotopic (exact) mass is 225 g/mol. The SMILES string of the molecule is C=C(C#N)[C@@H](O)[C@H]1O[C@@H]1[C@H]1COC(C)(C)O1. The van der Waals surface area contributed by atoms with Crippen molar-refractivity contribution >= 4 is 0 Å². The Morgan fingerprint density at radius 1 is 1.62 bits per heavy atom. The fraction of sp³-hybridized carbons (Fsp3) is 0.727. The second-order valence-corrected chi connectivity index (χ2v) is 4.51. The lowest BCUT2D eigenvalue weighted by Gasteiger charge is -2.16. The van der Waals surface area contributed by atoms with E-state index in [0.717, 1.165) is 0 Å². The number of epoxide rings is 1. The fourth-order valence-corrected chi connectivity index (χ4v) is 1.83. The molecule has 0 aliphatic carbocycles. The van der Waals surface area contributed by atoms with Gasteiger partial charge in [0.2, 0.25) is 0 Å². The predicted molar refractivity (Wildman–Crippen MR) is 54.3 cm³/mol. The highest BCUT2D eigenvalue weighted by molar-refractivity contribution is 5.25.